The summed E-state index contributed by atoms with van der Waals surface area (Å²) in [5, 5.41) is 29.4. The van der Waals surface area contributed by atoms with Gasteiger partial charge in [-0.2, -0.15) is 0 Å². The highest BCUT2D eigenvalue weighted by Gasteiger charge is 2.29. The number of aliphatic carboxylic acids is 1. The fourth-order valence-electron chi connectivity index (χ4n) is 3.81. The van der Waals surface area contributed by atoms with E-state index in [2.05, 4.69) is 12.1 Å². The Bertz CT molecular complexity index is 1080. The predicted octanol–water partition coefficient (Wildman–Crippen LogP) is 5.11. The van der Waals surface area contributed by atoms with Gasteiger partial charge in [-0.05, 0) is 49.4 Å². The van der Waals surface area contributed by atoms with Crippen molar-refractivity contribution in [1.29, 1.82) is 0 Å². The van der Waals surface area contributed by atoms with E-state index < -0.39 is 12.1 Å². The summed E-state index contributed by atoms with van der Waals surface area (Å²) in [4.78, 5) is 15.7. The van der Waals surface area contributed by atoms with E-state index in [1.807, 2.05) is 36.4 Å². The number of aromatic nitrogens is 1. The van der Waals surface area contributed by atoms with Crippen LogP contribution in [0.25, 0.3) is 28.1 Å². The van der Waals surface area contributed by atoms with E-state index in [1.165, 1.54) is 0 Å². The van der Waals surface area contributed by atoms with Crippen LogP contribution in [0.3, 0.4) is 0 Å². The number of fused-ring (bicyclic) bond motifs is 1. The molecule has 0 aliphatic heterocycles. The molecule has 5 nitrogen and oxygen atoms in total. The summed E-state index contributed by atoms with van der Waals surface area (Å²) in [6.07, 6.45) is 6.20. The van der Waals surface area contributed by atoms with Gasteiger partial charge in [0.15, 0.2) is 0 Å². The number of allylic oxidation sites excluding steroid dienone is 1. The van der Waals surface area contributed by atoms with E-state index >= 15 is 0 Å². The Morgan fingerprint density at radius 3 is 2.57 bits per heavy atom. The van der Waals surface area contributed by atoms with E-state index in [0.717, 1.165) is 46.1 Å². The Morgan fingerprint density at radius 2 is 1.87 bits per heavy atom. The van der Waals surface area contributed by atoms with Gasteiger partial charge in [-0.15, -0.1) is 0 Å². The summed E-state index contributed by atoms with van der Waals surface area (Å²) in [6.45, 7) is 0. The third-order valence-corrected chi connectivity index (χ3v) is 5.44. The SMILES string of the molecule is O=C(O)CC(O)CC/C=C/c1c(C2CC2)nc2ccccc2c1-c1ccc(O)cc1. The summed E-state index contributed by atoms with van der Waals surface area (Å²) < 4.78 is 0. The Kier molecular flexibility index (Phi) is 5.81. The van der Waals surface area contributed by atoms with Gasteiger partial charge in [0.2, 0.25) is 0 Å². The lowest BCUT2D eigenvalue weighted by molar-refractivity contribution is -0.139. The standard InChI is InChI=1S/C25H25NO4/c27-18-13-11-16(12-14-18)24-20-6-3-4-8-22(20)26-25(17-9-10-17)21(24)7-2-1-5-19(28)15-23(29)30/h2-4,6-8,11-14,17,19,27-28H,1,5,9-10,15H2,(H,29,30)/b7-2+. The Labute approximate surface area is 175 Å². The average Bonchev–Trinajstić information content (AvgIpc) is 3.56. The van der Waals surface area contributed by atoms with Gasteiger partial charge in [-0.3, -0.25) is 9.78 Å². The predicted molar refractivity (Wildman–Crippen MR) is 117 cm³/mol. The lowest BCUT2D eigenvalue weighted by Crippen LogP contribution is -2.12. The summed E-state index contributed by atoms with van der Waals surface area (Å²) in [5.74, 6) is -0.317. The molecule has 5 heteroatoms. The van der Waals surface area contributed by atoms with Crippen molar-refractivity contribution in [2.75, 3.05) is 0 Å². The second-order valence-corrected chi connectivity index (χ2v) is 7.86. The zero-order valence-electron chi connectivity index (χ0n) is 16.7. The van der Waals surface area contributed by atoms with Crippen LogP contribution in [0, 0.1) is 0 Å². The molecule has 1 heterocycles. The molecule has 3 N–H and O–H groups in total. The first-order valence-electron chi connectivity index (χ1n) is 10.3. The van der Waals surface area contributed by atoms with Crippen LogP contribution in [-0.2, 0) is 4.79 Å². The van der Waals surface area contributed by atoms with Gasteiger partial charge in [-0.25, -0.2) is 0 Å². The van der Waals surface area contributed by atoms with Crippen molar-refractivity contribution in [1.82, 2.24) is 4.98 Å². The second kappa shape index (κ2) is 8.67. The van der Waals surface area contributed by atoms with Gasteiger partial charge in [0.1, 0.15) is 5.75 Å². The van der Waals surface area contributed by atoms with Crippen molar-refractivity contribution >= 4 is 22.9 Å². The van der Waals surface area contributed by atoms with Gasteiger partial charge in [0.25, 0.3) is 0 Å². The number of hydrogen-bond donors (Lipinski definition) is 3. The lowest BCUT2D eigenvalue weighted by Gasteiger charge is -2.15. The molecule has 1 aromatic heterocycles. The molecular formula is C25H25NO4. The number of pyridine rings is 1. The van der Waals surface area contributed by atoms with Gasteiger partial charge in [0, 0.05) is 22.4 Å². The first kappa shape index (κ1) is 20.1. The molecule has 1 saturated carbocycles. The smallest absolute Gasteiger partial charge is 0.305 e. The number of rotatable bonds is 8. The molecule has 1 fully saturated rings. The third-order valence-electron chi connectivity index (χ3n) is 5.44. The normalized spacial score (nSPS) is 15.0. The van der Waals surface area contributed by atoms with Crippen LogP contribution in [-0.4, -0.2) is 32.4 Å². The number of carbonyl (C=O) groups is 1. The van der Waals surface area contributed by atoms with E-state index in [1.54, 1.807) is 12.1 Å². The average molecular weight is 403 g/mol. The van der Waals surface area contributed by atoms with Crippen LogP contribution in [0.2, 0.25) is 0 Å². The molecule has 0 amide bonds. The highest BCUT2D eigenvalue weighted by molar-refractivity contribution is 5.99. The molecule has 154 valence electrons. The minimum atomic E-state index is -0.990. The van der Waals surface area contributed by atoms with Gasteiger partial charge < -0.3 is 15.3 Å². The molecular weight excluding hydrogens is 378 g/mol. The van der Waals surface area contributed by atoms with Crippen LogP contribution in [0.5, 0.6) is 5.75 Å². The number of phenolic OH excluding ortho intramolecular Hbond substituents is 1. The number of aliphatic hydroxyl groups excluding tert-OH is 1. The third kappa shape index (κ3) is 4.52. The van der Waals surface area contributed by atoms with Crippen molar-refractivity contribution in [3.8, 4) is 16.9 Å². The van der Waals surface area contributed by atoms with Crippen LogP contribution in [0.1, 0.15) is 49.3 Å². The number of aliphatic hydroxyl groups is 1. The van der Waals surface area contributed by atoms with Crippen molar-refractivity contribution in [3.63, 3.8) is 0 Å². The van der Waals surface area contributed by atoms with E-state index in [4.69, 9.17) is 10.1 Å². The maximum Gasteiger partial charge on any atom is 0.305 e. The molecule has 2 aromatic carbocycles. The number of hydrogen-bond acceptors (Lipinski definition) is 4. The second-order valence-electron chi connectivity index (χ2n) is 7.86. The summed E-state index contributed by atoms with van der Waals surface area (Å²) in [7, 11) is 0. The molecule has 1 atom stereocenters. The summed E-state index contributed by atoms with van der Waals surface area (Å²) >= 11 is 0. The molecule has 0 bridgehead atoms. The first-order chi connectivity index (χ1) is 14.5. The van der Waals surface area contributed by atoms with Crippen LogP contribution in [0.15, 0.2) is 54.6 Å². The number of benzene rings is 2. The highest BCUT2D eigenvalue weighted by atomic mass is 16.4. The fraction of sp³-hybridized carbons (Fsp3) is 0.280. The maximum atomic E-state index is 10.7. The Morgan fingerprint density at radius 1 is 1.13 bits per heavy atom. The largest absolute Gasteiger partial charge is 0.508 e. The molecule has 0 saturated heterocycles. The molecule has 30 heavy (non-hydrogen) atoms. The van der Waals surface area contributed by atoms with Crippen LogP contribution < -0.4 is 0 Å². The maximum absolute atomic E-state index is 10.7. The van der Waals surface area contributed by atoms with Crippen molar-refractivity contribution in [2.24, 2.45) is 0 Å². The van der Waals surface area contributed by atoms with Gasteiger partial charge in [0.05, 0.1) is 23.7 Å². The zero-order chi connectivity index (χ0) is 21.1. The minimum Gasteiger partial charge on any atom is -0.508 e. The Balaban J connectivity index is 1.75. The first-order valence-corrected chi connectivity index (χ1v) is 10.3. The quantitative estimate of drug-likeness (QED) is 0.486. The van der Waals surface area contributed by atoms with Crippen molar-refractivity contribution in [3.05, 3.63) is 65.9 Å². The number of aromatic hydroxyl groups is 1. The summed E-state index contributed by atoms with van der Waals surface area (Å²) in [6, 6.07) is 15.3. The van der Waals surface area contributed by atoms with Crippen molar-refractivity contribution < 1.29 is 20.1 Å². The number of para-hydroxylation sites is 1. The number of carboxylic acid groups (broad SMARTS) is 1. The number of nitrogens with zero attached hydrogens (tertiary/aromatic N) is 1. The topological polar surface area (TPSA) is 90.7 Å². The molecule has 0 spiro atoms. The van der Waals surface area contributed by atoms with Gasteiger partial charge in [-0.1, -0.05) is 42.5 Å². The van der Waals surface area contributed by atoms with Crippen molar-refractivity contribution in [2.45, 2.75) is 44.1 Å². The lowest BCUT2D eigenvalue weighted by atomic mass is 9.92. The van der Waals surface area contributed by atoms with Gasteiger partial charge >= 0.3 is 5.97 Å². The van der Waals surface area contributed by atoms with E-state index in [-0.39, 0.29) is 12.2 Å². The van der Waals surface area contributed by atoms with E-state index in [0.29, 0.717) is 18.8 Å². The molecule has 3 aromatic rings. The summed E-state index contributed by atoms with van der Waals surface area (Å²) in [5.41, 5.74) is 5.20. The fourth-order valence-corrected chi connectivity index (χ4v) is 3.81. The Hall–Kier alpha value is -3.18. The number of phenols is 1. The van der Waals surface area contributed by atoms with E-state index in [9.17, 15) is 15.0 Å². The molecule has 1 unspecified atom stereocenters. The molecule has 4 rings (SSSR count). The molecule has 1 aliphatic carbocycles. The monoisotopic (exact) mass is 403 g/mol. The zero-order valence-corrected chi connectivity index (χ0v) is 16.7. The number of carboxylic acids is 1. The highest BCUT2D eigenvalue weighted by Crippen LogP contribution is 2.45. The van der Waals surface area contributed by atoms with Crippen LogP contribution >= 0.6 is 0 Å². The minimum absolute atomic E-state index is 0.226. The molecule has 1 aliphatic rings. The van der Waals surface area contributed by atoms with Crippen LogP contribution in [0.4, 0.5) is 0 Å². The molecule has 0 radical (unpaired) electrons.